The minimum Gasteiger partial charge on any atom is -0.308 e. The van der Waals surface area contributed by atoms with Gasteiger partial charge in [-0.2, -0.15) is 18.3 Å². The Hall–Kier alpha value is -4.28. The maximum absolute atomic E-state index is 15.2. The number of carbonyl (C=O) groups is 1. The molecule has 0 spiro atoms. The van der Waals surface area contributed by atoms with Crippen LogP contribution in [-0.2, 0) is 6.18 Å². The standard InChI is InChI=1S/C22H14F5N5O/c23-16-5-6-17(31-21(33)30-14-3-1-13(2-4-14)22(25,26)27)19(24)18(16)20-15(11-29-32-20)12-7-9-28-10-8-12/h1-11H,(H,29,32)(H2,30,31,33). The van der Waals surface area contributed by atoms with Gasteiger partial charge in [0.2, 0.25) is 0 Å². The molecule has 0 aliphatic carbocycles. The van der Waals surface area contributed by atoms with E-state index in [1.165, 1.54) is 18.6 Å². The van der Waals surface area contributed by atoms with Crippen molar-refractivity contribution < 1.29 is 26.7 Å². The quantitative estimate of drug-likeness (QED) is 0.324. The highest BCUT2D eigenvalue weighted by Gasteiger charge is 2.30. The molecule has 0 unspecified atom stereocenters. The lowest BCUT2D eigenvalue weighted by Crippen LogP contribution is -2.20. The molecule has 0 bridgehead atoms. The number of pyridine rings is 1. The molecule has 2 amide bonds. The molecule has 0 radical (unpaired) electrons. The average molecular weight is 459 g/mol. The first-order chi connectivity index (χ1) is 15.7. The summed E-state index contributed by atoms with van der Waals surface area (Å²) in [6, 6.07) is 8.07. The van der Waals surface area contributed by atoms with Crippen LogP contribution >= 0.6 is 0 Å². The number of anilines is 2. The van der Waals surface area contributed by atoms with Gasteiger partial charge in [-0.15, -0.1) is 0 Å². The maximum atomic E-state index is 15.2. The Kier molecular flexibility index (Phi) is 5.78. The van der Waals surface area contributed by atoms with E-state index in [-0.39, 0.29) is 17.1 Å². The fourth-order valence-electron chi connectivity index (χ4n) is 3.13. The molecule has 2 heterocycles. The minimum atomic E-state index is -4.52. The number of aromatic nitrogens is 3. The summed E-state index contributed by atoms with van der Waals surface area (Å²) in [5, 5.41) is 11.0. The zero-order chi connectivity index (χ0) is 23.6. The van der Waals surface area contributed by atoms with Crippen LogP contribution in [0, 0.1) is 11.6 Å². The monoisotopic (exact) mass is 459 g/mol. The third-order valence-electron chi connectivity index (χ3n) is 4.69. The van der Waals surface area contributed by atoms with E-state index in [0.717, 1.165) is 36.4 Å². The first kappa shape index (κ1) is 21.9. The number of nitrogens with one attached hydrogen (secondary N) is 3. The summed E-state index contributed by atoms with van der Waals surface area (Å²) < 4.78 is 67.8. The zero-order valence-corrected chi connectivity index (χ0v) is 16.5. The van der Waals surface area contributed by atoms with Crippen LogP contribution < -0.4 is 10.6 Å². The second kappa shape index (κ2) is 8.69. The number of benzene rings is 2. The molecule has 3 N–H and O–H groups in total. The molecule has 6 nitrogen and oxygen atoms in total. The van der Waals surface area contributed by atoms with E-state index < -0.39 is 35.0 Å². The molecule has 33 heavy (non-hydrogen) atoms. The number of H-pyrrole nitrogens is 1. The van der Waals surface area contributed by atoms with Crippen molar-refractivity contribution in [3.8, 4) is 22.4 Å². The van der Waals surface area contributed by atoms with Gasteiger partial charge in [0.15, 0.2) is 5.82 Å². The van der Waals surface area contributed by atoms with Gasteiger partial charge >= 0.3 is 12.2 Å². The van der Waals surface area contributed by atoms with Crippen molar-refractivity contribution in [1.82, 2.24) is 15.2 Å². The van der Waals surface area contributed by atoms with E-state index in [1.807, 2.05) is 0 Å². The molecule has 2 aromatic heterocycles. The van der Waals surface area contributed by atoms with Crippen molar-refractivity contribution in [3.05, 3.63) is 84.3 Å². The number of nitrogens with zero attached hydrogens (tertiary/aromatic N) is 2. The topological polar surface area (TPSA) is 82.7 Å². The van der Waals surface area contributed by atoms with Gasteiger partial charge in [0.25, 0.3) is 0 Å². The fraction of sp³-hybridized carbons (Fsp3) is 0.0455. The van der Waals surface area contributed by atoms with Crippen LogP contribution in [0.15, 0.2) is 67.1 Å². The summed E-state index contributed by atoms with van der Waals surface area (Å²) in [5.41, 5.74) is -0.516. The Morgan fingerprint density at radius 2 is 1.61 bits per heavy atom. The number of hydrogen-bond donors (Lipinski definition) is 3. The van der Waals surface area contributed by atoms with Crippen molar-refractivity contribution in [1.29, 1.82) is 0 Å². The van der Waals surface area contributed by atoms with E-state index in [9.17, 15) is 22.4 Å². The van der Waals surface area contributed by atoms with Gasteiger partial charge in [0.1, 0.15) is 5.82 Å². The van der Waals surface area contributed by atoms with E-state index in [1.54, 1.807) is 12.1 Å². The highest BCUT2D eigenvalue weighted by molar-refractivity contribution is 6.00. The molecule has 0 aliphatic heterocycles. The van der Waals surface area contributed by atoms with Gasteiger partial charge < -0.3 is 10.6 Å². The summed E-state index contributed by atoms with van der Waals surface area (Å²) in [7, 11) is 0. The molecule has 168 valence electrons. The smallest absolute Gasteiger partial charge is 0.308 e. The predicted molar refractivity (Wildman–Crippen MR) is 111 cm³/mol. The van der Waals surface area contributed by atoms with Crippen LogP contribution in [0.1, 0.15) is 5.56 Å². The average Bonchev–Trinajstić information content (AvgIpc) is 3.26. The minimum absolute atomic E-state index is 0.0526. The number of aromatic amines is 1. The molecular formula is C22H14F5N5O. The molecule has 0 saturated carbocycles. The van der Waals surface area contributed by atoms with Crippen molar-refractivity contribution in [3.63, 3.8) is 0 Å². The number of hydrogen-bond acceptors (Lipinski definition) is 3. The number of rotatable bonds is 4. The number of amides is 2. The van der Waals surface area contributed by atoms with Crippen molar-refractivity contribution in [2.24, 2.45) is 0 Å². The normalized spacial score (nSPS) is 11.3. The Bertz CT molecular complexity index is 1290. The lowest BCUT2D eigenvalue weighted by atomic mass is 10.0. The number of carbonyl (C=O) groups excluding carboxylic acids is 1. The lowest BCUT2D eigenvalue weighted by Gasteiger charge is -2.13. The molecule has 0 aliphatic rings. The molecule has 11 heteroatoms. The van der Waals surface area contributed by atoms with Crippen LogP contribution in [-0.4, -0.2) is 21.2 Å². The second-order valence-corrected chi connectivity index (χ2v) is 6.83. The number of urea groups is 1. The first-order valence-corrected chi connectivity index (χ1v) is 9.41. The Morgan fingerprint density at radius 1 is 0.909 bits per heavy atom. The van der Waals surface area contributed by atoms with E-state index in [0.29, 0.717) is 11.1 Å². The van der Waals surface area contributed by atoms with E-state index in [4.69, 9.17) is 0 Å². The Balaban J connectivity index is 1.58. The highest BCUT2D eigenvalue weighted by atomic mass is 19.4. The fourth-order valence-corrected chi connectivity index (χ4v) is 3.13. The number of halogens is 5. The molecule has 0 atom stereocenters. The van der Waals surface area contributed by atoms with Gasteiger partial charge in [-0.3, -0.25) is 10.1 Å². The molecule has 4 rings (SSSR count). The van der Waals surface area contributed by atoms with Crippen LogP contribution in [0.5, 0.6) is 0 Å². The molecule has 0 fully saturated rings. The Morgan fingerprint density at radius 3 is 2.27 bits per heavy atom. The summed E-state index contributed by atoms with van der Waals surface area (Å²) in [6.45, 7) is 0. The summed E-state index contributed by atoms with van der Waals surface area (Å²) in [4.78, 5) is 16.2. The summed E-state index contributed by atoms with van der Waals surface area (Å²) >= 11 is 0. The number of alkyl halides is 3. The van der Waals surface area contributed by atoms with Crippen molar-refractivity contribution in [2.75, 3.05) is 10.6 Å². The van der Waals surface area contributed by atoms with Gasteiger partial charge in [-0.1, -0.05) is 0 Å². The summed E-state index contributed by atoms with van der Waals surface area (Å²) in [5.74, 6) is -1.95. The van der Waals surface area contributed by atoms with Crippen LogP contribution in [0.3, 0.4) is 0 Å². The van der Waals surface area contributed by atoms with Gasteiger partial charge in [-0.25, -0.2) is 13.6 Å². The van der Waals surface area contributed by atoms with Crippen LogP contribution in [0.4, 0.5) is 38.1 Å². The van der Waals surface area contributed by atoms with Gasteiger partial charge in [-0.05, 0) is 54.1 Å². The molecule has 2 aromatic carbocycles. The molecular weight excluding hydrogens is 445 g/mol. The SMILES string of the molecule is O=C(Nc1ccc(C(F)(F)F)cc1)Nc1ccc(F)c(-c2[nH]ncc2-c2ccncc2)c1F. The van der Waals surface area contributed by atoms with Gasteiger partial charge in [0.05, 0.1) is 28.7 Å². The third-order valence-corrected chi connectivity index (χ3v) is 4.69. The molecule has 4 aromatic rings. The van der Waals surface area contributed by atoms with Crippen LogP contribution in [0.25, 0.3) is 22.4 Å². The van der Waals surface area contributed by atoms with Crippen LogP contribution in [0.2, 0.25) is 0 Å². The lowest BCUT2D eigenvalue weighted by molar-refractivity contribution is -0.137. The van der Waals surface area contributed by atoms with E-state index >= 15 is 4.39 Å². The highest BCUT2D eigenvalue weighted by Crippen LogP contribution is 2.36. The largest absolute Gasteiger partial charge is 0.416 e. The Labute approximate surface area is 183 Å². The second-order valence-electron chi connectivity index (χ2n) is 6.83. The summed E-state index contributed by atoms with van der Waals surface area (Å²) in [6.07, 6.45) is -0.0814. The molecule has 0 saturated heterocycles. The van der Waals surface area contributed by atoms with Crippen molar-refractivity contribution >= 4 is 17.4 Å². The van der Waals surface area contributed by atoms with Crippen molar-refractivity contribution in [2.45, 2.75) is 6.18 Å². The third kappa shape index (κ3) is 4.66. The van der Waals surface area contributed by atoms with E-state index in [2.05, 4.69) is 25.8 Å². The first-order valence-electron chi connectivity index (χ1n) is 9.41. The maximum Gasteiger partial charge on any atom is 0.416 e. The zero-order valence-electron chi connectivity index (χ0n) is 16.5. The van der Waals surface area contributed by atoms with Gasteiger partial charge in [0, 0.05) is 23.6 Å². The predicted octanol–water partition coefficient (Wildman–Crippen LogP) is 6.08.